The van der Waals surface area contributed by atoms with Crippen molar-refractivity contribution in [1.82, 2.24) is 5.43 Å². The van der Waals surface area contributed by atoms with Crippen molar-refractivity contribution < 1.29 is 9.53 Å². The summed E-state index contributed by atoms with van der Waals surface area (Å²) >= 11 is 12.1. The quantitative estimate of drug-likeness (QED) is 0.858. The minimum atomic E-state index is -0.827. The maximum atomic E-state index is 10.7. The van der Waals surface area contributed by atoms with E-state index in [1.807, 2.05) is 24.3 Å². The lowest BCUT2D eigenvalue weighted by Gasteiger charge is -2.11. The molecule has 24 heavy (non-hydrogen) atoms. The fourth-order valence-corrected chi connectivity index (χ4v) is 3.04. The molecule has 1 heterocycles. The van der Waals surface area contributed by atoms with Gasteiger partial charge in [-0.25, -0.2) is 4.79 Å². The van der Waals surface area contributed by atoms with E-state index < -0.39 is 6.09 Å². The van der Waals surface area contributed by atoms with Gasteiger partial charge >= 0.3 is 6.09 Å². The molecule has 0 fully saturated rings. The number of hydrazone groups is 1. The summed E-state index contributed by atoms with van der Waals surface area (Å²) in [6.07, 6.45) is 0.615. The molecular formula is C17H15Cl2N3O2. The van der Waals surface area contributed by atoms with Gasteiger partial charge in [0, 0.05) is 28.6 Å². The number of hydrogen-bond donors (Lipinski definition) is 2. The summed E-state index contributed by atoms with van der Waals surface area (Å²) in [5.41, 5.74) is 11.2. The van der Waals surface area contributed by atoms with E-state index >= 15 is 0 Å². The summed E-state index contributed by atoms with van der Waals surface area (Å²) in [6, 6.07) is 12.7. The van der Waals surface area contributed by atoms with Gasteiger partial charge in [-0.3, -0.25) is 0 Å². The van der Waals surface area contributed by atoms with Crippen LogP contribution in [0, 0.1) is 0 Å². The van der Waals surface area contributed by atoms with E-state index in [-0.39, 0.29) is 6.04 Å². The first-order valence-corrected chi connectivity index (χ1v) is 8.09. The highest BCUT2D eigenvalue weighted by Gasteiger charge is 2.21. The SMILES string of the molecule is NC(=O)Oc1ccc(C2CC(Cc3ccc(Cl)cc3Cl)=NN2)cc1. The standard InChI is InChI=1S/C17H15Cl2N3O2/c18-12-4-1-11(15(19)8-12)7-13-9-16(22-21-13)10-2-5-14(6-3-10)24-17(20)23/h1-6,8,16,22H,7,9H2,(H2,20,23). The van der Waals surface area contributed by atoms with Crippen LogP contribution < -0.4 is 15.9 Å². The minimum absolute atomic E-state index is 0.0775. The zero-order valence-corrected chi connectivity index (χ0v) is 14.1. The lowest BCUT2D eigenvalue weighted by Crippen LogP contribution is -2.16. The van der Waals surface area contributed by atoms with Gasteiger partial charge in [-0.15, -0.1) is 0 Å². The molecule has 1 aliphatic rings. The Morgan fingerprint density at radius 1 is 1.25 bits per heavy atom. The molecule has 3 rings (SSSR count). The number of nitrogens with one attached hydrogen (secondary N) is 1. The maximum Gasteiger partial charge on any atom is 0.409 e. The second-order valence-electron chi connectivity index (χ2n) is 5.47. The topological polar surface area (TPSA) is 76.7 Å². The Morgan fingerprint density at radius 2 is 2.00 bits per heavy atom. The van der Waals surface area contributed by atoms with E-state index in [0.29, 0.717) is 22.2 Å². The molecule has 1 amide bonds. The largest absolute Gasteiger partial charge is 0.411 e. The van der Waals surface area contributed by atoms with Gasteiger partial charge in [0.2, 0.25) is 0 Å². The van der Waals surface area contributed by atoms with E-state index in [9.17, 15) is 4.79 Å². The number of primary amides is 1. The lowest BCUT2D eigenvalue weighted by molar-refractivity contribution is 0.211. The Bertz CT molecular complexity index is 791. The number of ether oxygens (including phenoxy) is 1. The zero-order chi connectivity index (χ0) is 17.1. The first-order valence-electron chi connectivity index (χ1n) is 7.33. The monoisotopic (exact) mass is 363 g/mol. The smallest absolute Gasteiger partial charge is 0.409 e. The molecule has 0 saturated heterocycles. The average molecular weight is 364 g/mol. The summed E-state index contributed by atoms with van der Waals surface area (Å²) in [7, 11) is 0. The van der Waals surface area contributed by atoms with E-state index in [1.165, 1.54) is 0 Å². The predicted octanol–water partition coefficient (Wildman–Crippen LogP) is 4.08. The number of nitrogens with zero attached hydrogens (tertiary/aromatic N) is 1. The van der Waals surface area contributed by atoms with Crippen LogP contribution >= 0.6 is 23.2 Å². The molecule has 0 bridgehead atoms. The molecule has 0 spiro atoms. The van der Waals surface area contributed by atoms with Gasteiger partial charge in [-0.05, 0) is 35.4 Å². The van der Waals surface area contributed by atoms with Crippen LogP contribution in [0.25, 0.3) is 0 Å². The molecule has 2 aromatic carbocycles. The molecule has 0 aliphatic carbocycles. The molecule has 0 radical (unpaired) electrons. The van der Waals surface area contributed by atoms with Crippen molar-refractivity contribution >= 4 is 35.0 Å². The van der Waals surface area contributed by atoms with Crippen molar-refractivity contribution in [2.45, 2.75) is 18.9 Å². The van der Waals surface area contributed by atoms with Crippen LogP contribution in [0.5, 0.6) is 5.75 Å². The third kappa shape index (κ3) is 3.99. The van der Waals surface area contributed by atoms with Crippen molar-refractivity contribution in [2.75, 3.05) is 0 Å². The van der Waals surface area contributed by atoms with Gasteiger partial charge in [0.05, 0.1) is 6.04 Å². The Morgan fingerprint density at radius 3 is 2.67 bits per heavy atom. The van der Waals surface area contributed by atoms with Crippen molar-refractivity contribution in [3.05, 3.63) is 63.6 Å². The summed E-state index contributed by atoms with van der Waals surface area (Å²) in [6.45, 7) is 0. The first kappa shape index (κ1) is 16.6. The molecule has 3 N–H and O–H groups in total. The van der Waals surface area contributed by atoms with Gasteiger partial charge in [0.1, 0.15) is 5.75 Å². The van der Waals surface area contributed by atoms with Crippen molar-refractivity contribution in [3.63, 3.8) is 0 Å². The van der Waals surface area contributed by atoms with Crippen LogP contribution in [-0.2, 0) is 6.42 Å². The van der Waals surface area contributed by atoms with Crippen LogP contribution in [-0.4, -0.2) is 11.8 Å². The minimum Gasteiger partial charge on any atom is -0.411 e. The van der Waals surface area contributed by atoms with Gasteiger partial charge < -0.3 is 15.9 Å². The van der Waals surface area contributed by atoms with Crippen LogP contribution in [0.2, 0.25) is 10.0 Å². The van der Waals surface area contributed by atoms with Crippen LogP contribution in [0.1, 0.15) is 23.6 Å². The van der Waals surface area contributed by atoms with Gasteiger partial charge in [0.15, 0.2) is 0 Å². The molecule has 0 saturated carbocycles. The highest BCUT2D eigenvalue weighted by atomic mass is 35.5. The number of nitrogens with two attached hydrogens (primary N) is 1. The fraction of sp³-hybridized carbons (Fsp3) is 0.176. The van der Waals surface area contributed by atoms with Gasteiger partial charge in [-0.2, -0.15) is 5.10 Å². The first-order chi connectivity index (χ1) is 11.5. The summed E-state index contributed by atoms with van der Waals surface area (Å²) in [5.74, 6) is 0.415. The van der Waals surface area contributed by atoms with E-state index in [1.54, 1.807) is 18.2 Å². The Balaban J connectivity index is 1.63. The number of rotatable bonds is 4. The van der Waals surface area contributed by atoms with Crippen LogP contribution in [0.15, 0.2) is 47.6 Å². The second-order valence-corrected chi connectivity index (χ2v) is 6.31. The van der Waals surface area contributed by atoms with Crippen LogP contribution in [0.4, 0.5) is 4.79 Å². The fourth-order valence-electron chi connectivity index (χ4n) is 2.57. The summed E-state index contributed by atoms with van der Waals surface area (Å²) in [5, 5.41) is 5.65. The molecule has 1 atom stereocenters. The van der Waals surface area contributed by atoms with E-state index in [4.69, 9.17) is 33.7 Å². The molecule has 1 unspecified atom stereocenters. The zero-order valence-electron chi connectivity index (χ0n) is 12.6. The van der Waals surface area contributed by atoms with Crippen molar-refractivity contribution in [1.29, 1.82) is 0 Å². The number of hydrogen-bond acceptors (Lipinski definition) is 4. The number of halogens is 2. The van der Waals surface area contributed by atoms with Crippen molar-refractivity contribution in [2.24, 2.45) is 10.8 Å². The number of carbonyl (C=O) groups excluding carboxylic acids is 1. The highest BCUT2D eigenvalue weighted by Crippen LogP contribution is 2.27. The molecule has 1 aliphatic heterocycles. The molecular weight excluding hydrogens is 349 g/mol. The highest BCUT2D eigenvalue weighted by molar-refractivity contribution is 6.35. The summed E-state index contributed by atoms with van der Waals surface area (Å²) in [4.78, 5) is 10.7. The number of carbonyl (C=O) groups is 1. The molecule has 7 heteroatoms. The maximum absolute atomic E-state index is 10.7. The number of benzene rings is 2. The predicted molar refractivity (Wildman–Crippen MR) is 94.7 cm³/mol. The Labute approximate surface area is 149 Å². The Kier molecular flexibility index (Phi) is 4.92. The van der Waals surface area contributed by atoms with Crippen LogP contribution in [0.3, 0.4) is 0 Å². The van der Waals surface area contributed by atoms with Gasteiger partial charge in [0.25, 0.3) is 0 Å². The summed E-state index contributed by atoms with van der Waals surface area (Å²) < 4.78 is 4.82. The number of amides is 1. The molecule has 0 aromatic heterocycles. The normalized spacial score (nSPS) is 16.4. The Hall–Kier alpha value is -2.24. The van der Waals surface area contributed by atoms with Gasteiger partial charge in [-0.1, -0.05) is 41.4 Å². The average Bonchev–Trinajstić information content (AvgIpc) is 2.99. The lowest BCUT2D eigenvalue weighted by atomic mass is 9.99. The van der Waals surface area contributed by atoms with E-state index in [2.05, 4.69) is 10.5 Å². The molecule has 2 aromatic rings. The third-order valence-corrected chi connectivity index (χ3v) is 4.32. The molecule has 5 nitrogen and oxygen atoms in total. The third-order valence-electron chi connectivity index (χ3n) is 3.73. The second kappa shape index (κ2) is 7.11. The van der Waals surface area contributed by atoms with E-state index in [0.717, 1.165) is 23.3 Å². The molecule has 124 valence electrons. The van der Waals surface area contributed by atoms with Crippen molar-refractivity contribution in [3.8, 4) is 5.75 Å².